The monoisotopic (exact) mass is 346 g/mol. The summed E-state index contributed by atoms with van der Waals surface area (Å²) in [5.41, 5.74) is 2.20. The third kappa shape index (κ3) is 5.68. The van der Waals surface area contributed by atoms with Crippen LogP contribution in [0, 0.1) is 6.92 Å². The Kier molecular flexibility index (Phi) is 7.32. The van der Waals surface area contributed by atoms with Crippen molar-refractivity contribution in [2.24, 2.45) is 0 Å². The second-order valence-corrected chi connectivity index (χ2v) is 6.42. The number of hydrogen-bond acceptors (Lipinski definition) is 4. The Morgan fingerprint density at radius 2 is 1.83 bits per heavy atom. The fraction of sp³-hybridized carbons (Fsp3) is 0.474. The zero-order valence-electron chi connectivity index (χ0n) is 14.8. The first-order valence-corrected chi connectivity index (χ1v) is 9.09. The molecule has 130 valence electrons. The Hall–Kier alpha value is -1.81. The summed E-state index contributed by atoms with van der Waals surface area (Å²) < 4.78 is 0. The summed E-state index contributed by atoms with van der Waals surface area (Å²) in [6.45, 7) is 9.23. The Morgan fingerprint density at radius 3 is 2.50 bits per heavy atom. The lowest BCUT2D eigenvalue weighted by Gasteiger charge is -2.23. The number of hydrogen-bond donors (Lipinski definition) is 1. The maximum Gasteiger partial charge on any atom is 0.224 e. The topological polar surface area (TPSA) is 41.1 Å². The van der Waals surface area contributed by atoms with Crippen LogP contribution in [0.25, 0.3) is 0 Å². The van der Waals surface area contributed by atoms with Crippen molar-refractivity contribution < 1.29 is 0 Å². The molecule has 2 rings (SSSR count). The first kappa shape index (κ1) is 18.5. The van der Waals surface area contributed by atoms with Crippen molar-refractivity contribution in [1.82, 2.24) is 9.97 Å². The Morgan fingerprint density at radius 1 is 1.08 bits per heavy atom. The quantitative estimate of drug-likeness (QED) is 0.713. The molecule has 1 heterocycles. The molecule has 0 bridgehead atoms. The fourth-order valence-corrected chi connectivity index (χ4v) is 2.90. The lowest BCUT2D eigenvalue weighted by Crippen LogP contribution is -2.26. The molecule has 5 heteroatoms. The predicted molar refractivity (Wildman–Crippen MR) is 103 cm³/mol. The zero-order valence-corrected chi connectivity index (χ0v) is 15.6. The zero-order chi connectivity index (χ0) is 17.4. The van der Waals surface area contributed by atoms with E-state index in [4.69, 9.17) is 16.6 Å². The third-order valence-electron chi connectivity index (χ3n) is 3.74. The van der Waals surface area contributed by atoms with E-state index >= 15 is 0 Å². The molecule has 1 N–H and O–H groups in total. The third-order valence-corrected chi connectivity index (χ3v) is 3.97. The summed E-state index contributed by atoms with van der Waals surface area (Å²) in [5.74, 6) is 1.71. The smallest absolute Gasteiger partial charge is 0.224 e. The molecule has 0 unspecified atom stereocenters. The van der Waals surface area contributed by atoms with E-state index in [1.165, 1.54) is 5.56 Å². The number of anilines is 2. The summed E-state index contributed by atoms with van der Waals surface area (Å²) in [6.07, 6.45) is 3.11. The van der Waals surface area contributed by atoms with Crippen LogP contribution >= 0.6 is 11.6 Å². The standard InChI is InChI=1S/C19H27ClN4/c1-4-11-24(12-5-2)18-13-15(3)22-19(23-18)21-10-9-16-7-6-8-17(20)14-16/h6-8,13-14H,4-5,9-12H2,1-3H3,(H,21,22,23). The minimum Gasteiger partial charge on any atom is -0.356 e. The van der Waals surface area contributed by atoms with E-state index in [2.05, 4.69) is 41.2 Å². The van der Waals surface area contributed by atoms with Gasteiger partial charge in [0.1, 0.15) is 5.82 Å². The highest BCUT2D eigenvalue weighted by molar-refractivity contribution is 6.30. The Balaban J connectivity index is 2.02. The summed E-state index contributed by atoms with van der Waals surface area (Å²) in [7, 11) is 0. The van der Waals surface area contributed by atoms with Crippen LogP contribution in [0.4, 0.5) is 11.8 Å². The number of halogens is 1. The molecule has 0 aliphatic rings. The maximum atomic E-state index is 6.03. The average molecular weight is 347 g/mol. The van der Waals surface area contributed by atoms with Gasteiger partial charge in [0.25, 0.3) is 0 Å². The highest BCUT2D eigenvalue weighted by Gasteiger charge is 2.09. The van der Waals surface area contributed by atoms with Crippen molar-refractivity contribution in [1.29, 1.82) is 0 Å². The molecule has 0 aliphatic carbocycles. The number of nitrogens with zero attached hydrogens (tertiary/aromatic N) is 3. The number of aromatic nitrogens is 2. The van der Waals surface area contributed by atoms with Gasteiger partial charge in [0.2, 0.25) is 5.95 Å². The summed E-state index contributed by atoms with van der Waals surface area (Å²) in [4.78, 5) is 11.5. The van der Waals surface area contributed by atoms with Gasteiger partial charge in [0.15, 0.2) is 0 Å². The molecule has 24 heavy (non-hydrogen) atoms. The van der Waals surface area contributed by atoms with Gasteiger partial charge < -0.3 is 10.2 Å². The highest BCUT2D eigenvalue weighted by atomic mass is 35.5. The van der Waals surface area contributed by atoms with Crippen molar-refractivity contribution in [3.05, 3.63) is 46.6 Å². The minimum absolute atomic E-state index is 0.698. The van der Waals surface area contributed by atoms with Crippen LogP contribution in [0.1, 0.15) is 37.9 Å². The highest BCUT2D eigenvalue weighted by Crippen LogP contribution is 2.16. The van der Waals surface area contributed by atoms with E-state index in [1.54, 1.807) is 0 Å². The first-order valence-electron chi connectivity index (χ1n) is 8.71. The minimum atomic E-state index is 0.698. The first-order chi connectivity index (χ1) is 11.6. The summed E-state index contributed by atoms with van der Waals surface area (Å²) in [5, 5.41) is 4.12. The molecular formula is C19H27ClN4. The van der Waals surface area contributed by atoms with Crippen LogP contribution in [-0.4, -0.2) is 29.6 Å². The number of rotatable bonds is 9. The van der Waals surface area contributed by atoms with E-state index in [1.807, 2.05) is 25.1 Å². The van der Waals surface area contributed by atoms with Gasteiger partial charge in [-0.3, -0.25) is 0 Å². The van der Waals surface area contributed by atoms with Crippen molar-refractivity contribution in [2.45, 2.75) is 40.0 Å². The largest absolute Gasteiger partial charge is 0.356 e. The van der Waals surface area contributed by atoms with Crippen LogP contribution in [0.15, 0.2) is 30.3 Å². The predicted octanol–water partition coefficient (Wildman–Crippen LogP) is 4.72. The number of benzene rings is 1. The molecule has 0 saturated heterocycles. The molecule has 1 aromatic carbocycles. The van der Waals surface area contributed by atoms with E-state index in [0.29, 0.717) is 5.95 Å². The van der Waals surface area contributed by atoms with Crippen molar-refractivity contribution in [3.8, 4) is 0 Å². The maximum absolute atomic E-state index is 6.03. The van der Waals surface area contributed by atoms with Crippen LogP contribution in [-0.2, 0) is 6.42 Å². The second-order valence-electron chi connectivity index (χ2n) is 5.98. The van der Waals surface area contributed by atoms with Gasteiger partial charge >= 0.3 is 0 Å². The molecule has 0 atom stereocenters. The molecule has 0 spiro atoms. The van der Waals surface area contributed by atoms with Gasteiger partial charge in [-0.15, -0.1) is 0 Å². The van der Waals surface area contributed by atoms with Gasteiger partial charge in [-0.2, -0.15) is 4.98 Å². The molecule has 4 nitrogen and oxygen atoms in total. The van der Waals surface area contributed by atoms with Gasteiger partial charge in [-0.05, 0) is 43.9 Å². The number of nitrogens with one attached hydrogen (secondary N) is 1. The Bertz CT molecular complexity index is 639. The van der Waals surface area contributed by atoms with E-state index < -0.39 is 0 Å². The second kappa shape index (κ2) is 9.48. The van der Waals surface area contributed by atoms with Crippen molar-refractivity contribution in [2.75, 3.05) is 29.9 Å². The van der Waals surface area contributed by atoms with Gasteiger partial charge in [-0.1, -0.05) is 37.6 Å². The molecule has 1 aromatic heterocycles. The molecular weight excluding hydrogens is 320 g/mol. The molecule has 0 fully saturated rings. The molecule has 0 amide bonds. The Labute approximate surface area is 150 Å². The molecule has 0 radical (unpaired) electrons. The van der Waals surface area contributed by atoms with Crippen LogP contribution in [0.5, 0.6) is 0 Å². The van der Waals surface area contributed by atoms with E-state index in [0.717, 1.165) is 55.4 Å². The van der Waals surface area contributed by atoms with E-state index in [9.17, 15) is 0 Å². The lowest BCUT2D eigenvalue weighted by atomic mass is 10.1. The van der Waals surface area contributed by atoms with E-state index in [-0.39, 0.29) is 0 Å². The van der Waals surface area contributed by atoms with Crippen LogP contribution in [0.3, 0.4) is 0 Å². The van der Waals surface area contributed by atoms with Crippen LogP contribution < -0.4 is 10.2 Å². The molecule has 2 aromatic rings. The molecule has 0 saturated carbocycles. The summed E-state index contributed by atoms with van der Waals surface area (Å²) >= 11 is 6.03. The lowest BCUT2D eigenvalue weighted by molar-refractivity contribution is 0.732. The fourth-order valence-electron chi connectivity index (χ4n) is 2.68. The van der Waals surface area contributed by atoms with Gasteiger partial charge in [0, 0.05) is 36.4 Å². The van der Waals surface area contributed by atoms with Gasteiger partial charge in [-0.25, -0.2) is 4.98 Å². The number of aryl methyl sites for hydroxylation is 1. The van der Waals surface area contributed by atoms with Crippen LogP contribution in [0.2, 0.25) is 5.02 Å². The van der Waals surface area contributed by atoms with Crippen molar-refractivity contribution >= 4 is 23.4 Å². The molecule has 0 aliphatic heterocycles. The normalized spacial score (nSPS) is 10.7. The SMILES string of the molecule is CCCN(CCC)c1cc(C)nc(NCCc2cccc(Cl)c2)n1. The van der Waals surface area contributed by atoms with Crippen molar-refractivity contribution in [3.63, 3.8) is 0 Å². The van der Waals surface area contributed by atoms with Gasteiger partial charge in [0.05, 0.1) is 0 Å². The average Bonchev–Trinajstić information content (AvgIpc) is 2.54. The summed E-state index contributed by atoms with van der Waals surface area (Å²) in [6, 6.07) is 10.0.